The molecule has 32 heavy (non-hydrogen) atoms. The maximum absolute atomic E-state index is 6.23. The van der Waals surface area contributed by atoms with Gasteiger partial charge in [0, 0.05) is 24.7 Å². The Bertz CT molecular complexity index is 987. The molecule has 0 aromatic heterocycles. The highest BCUT2D eigenvalue weighted by Gasteiger charge is 2.25. The van der Waals surface area contributed by atoms with Crippen molar-refractivity contribution in [3.05, 3.63) is 89.5 Å². The Morgan fingerprint density at radius 1 is 0.906 bits per heavy atom. The number of hydrogen-bond donors (Lipinski definition) is 0. The summed E-state index contributed by atoms with van der Waals surface area (Å²) in [5.74, 6) is 2.76. The number of nitrogens with zero attached hydrogens (tertiary/aromatic N) is 2. The normalized spacial score (nSPS) is 16.2. The Morgan fingerprint density at radius 3 is 2.31 bits per heavy atom. The van der Waals surface area contributed by atoms with Crippen LogP contribution >= 0.6 is 0 Å². The van der Waals surface area contributed by atoms with Crippen molar-refractivity contribution in [2.75, 3.05) is 34.5 Å². The second kappa shape index (κ2) is 10.5. The third-order valence-corrected chi connectivity index (χ3v) is 5.72. The average molecular weight is 433 g/mol. The van der Waals surface area contributed by atoms with E-state index in [2.05, 4.69) is 59.5 Å². The van der Waals surface area contributed by atoms with Crippen LogP contribution in [-0.4, -0.2) is 50.4 Å². The van der Waals surface area contributed by atoms with Gasteiger partial charge in [-0.25, -0.2) is 0 Å². The Morgan fingerprint density at radius 2 is 1.59 bits per heavy atom. The third-order valence-electron chi connectivity index (χ3n) is 5.72. The lowest BCUT2D eigenvalue weighted by atomic mass is 10.0. The molecule has 1 heterocycles. The van der Waals surface area contributed by atoms with Crippen LogP contribution in [0.4, 0.5) is 0 Å². The first-order valence-electron chi connectivity index (χ1n) is 11.0. The number of para-hydroxylation sites is 1. The van der Waals surface area contributed by atoms with E-state index >= 15 is 0 Å². The second-order valence-electron chi connectivity index (χ2n) is 8.53. The van der Waals surface area contributed by atoms with Gasteiger partial charge in [0.15, 0.2) is 0 Å². The molecule has 4 rings (SSSR count). The van der Waals surface area contributed by atoms with E-state index in [9.17, 15) is 0 Å². The van der Waals surface area contributed by atoms with Crippen LogP contribution in [0.25, 0.3) is 0 Å². The number of rotatable bonds is 8. The Labute approximate surface area is 191 Å². The summed E-state index contributed by atoms with van der Waals surface area (Å²) >= 11 is 0. The van der Waals surface area contributed by atoms with Gasteiger partial charge in [0.05, 0.1) is 7.11 Å². The van der Waals surface area contributed by atoms with E-state index in [-0.39, 0.29) is 6.04 Å². The summed E-state index contributed by atoms with van der Waals surface area (Å²) in [6.45, 7) is 2.94. The summed E-state index contributed by atoms with van der Waals surface area (Å²) in [6.07, 6.45) is 0.919. The lowest BCUT2D eigenvalue weighted by molar-refractivity contribution is 0.138. The highest BCUT2D eigenvalue weighted by Crippen LogP contribution is 2.28. The molecule has 1 atom stereocenters. The van der Waals surface area contributed by atoms with E-state index in [1.54, 1.807) is 7.11 Å². The standard InChI is InChI=1S/C27H32N2O3/c1-28(2)20-32-26-14-10-22(11-15-26)17-29-18-23-6-4-5-7-27(23)31-19-24(29)16-21-8-12-25(30-3)13-9-21/h4-15,24H,16-20H2,1-3H3/t24-/m0/s1. The molecule has 3 aromatic rings. The number of ether oxygens (including phenoxy) is 3. The van der Waals surface area contributed by atoms with Crippen molar-refractivity contribution in [1.82, 2.24) is 9.80 Å². The third kappa shape index (κ3) is 5.81. The van der Waals surface area contributed by atoms with Crippen molar-refractivity contribution in [1.29, 1.82) is 0 Å². The number of methoxy groups -OCH3 is 1. The quantitative estimate of drug-likeness (QED) is 0.486. The predicted octanol–water partition coefficient (Wildman–Crippen LogP) is 4.60. The zero-order valence-corrected chi connectivity index (χ0v) is 19.2. The van der Waals surface area contributed by atoms with Gasteiger partial charge in [-0.15, -0.1) is 0 Å². The van der Waals surface area contributed by atoms with Gasteiger partial charge < -0.3 is 14.2 Å². The lowest BCUT2D eigenvalue weighted by Gasteiger charge is -2.29. The number of fused-ring (bicyclic) bond motifs is 1. The minimum atomic E-state index is 0.264. The van der Waals surface area contributed by atoms with Gasteiger partial charge in [0.25, 0.3) is 0 Å². The molecule has 0 radical (unpaired) electrons. The second-order valence-corrected chi connectivity index (χ2v) is 8.53. The van der Waals surface area contributed by atoms with Crippen molar-refractivity contribution in [3.63, 3.8) is 0 Å². The summed E-state index contributed by atoms with van der Waals surface area (Å²) in [7, 11) is 5.69. The van der Waals surface area contributed by atoms with Crippen LogP contribution in [0.1, 0.15) is 16.7 Å². The zero-order chi connectivity index (χ0) is 22.3. The number of benzene rings is 3. The van der Waals surface area contributed by atoms with Gasteiger partial charge >= 0.3 is 0 Å². The number of hydrogen-bond acceptors (Lipinski definition) is 5. The molecular weight excluding hydrogens is 400 g/mol. The molecule has 0 fully saturated rings. The maximum atomic E-state index is 6.23. The molecule has 1 aliphatic rings. The molecule has 0 saturated heterocycles. The molecule has 0 unspecified atom stereocenters. The molecule has 0 spiro atoms. The molecule has 0 bridgehead atoms. The molecule has 3 aromatic carbocycles. The van der Waals surface area contributed by atoms with Gasteiger partial charge in [-0.05, 0) is 62.0 Å². The van der Waals surface area contributed by atoms with Gasteiger partial charge in [0.2, 0.25) is 0 Å². The van der Waals surface area contributed by atoms with Gasteiger partial charge in [-0.2, -0.15) is 0 Å². The molecule has 0 saturated carbocycles. The summed E-state index contributed by atoms with van der Waals surface area (Å²) in [5, 5.41) is 0. The molecule has 5 nitrogen and oxygen atoms in total. The van der Waals surface area contributed by atoms with Crippen LogP contribution < -0.4 is 14.2 Å². The predicted molar refractivity (Wildman–Crippen MR) is 127 cm³/mol. The van der Waals surface area contributed by atoms with Crippen LogP contribution in [0.3, 0.4) is 0 Å². The van der Waals surface area contributed by atoms with Crippen molar-refractivity contribution >= 4 is 0 Å². The molecule has 0 N–H and O–H groups in total. The van der Waals surface area contributed by atoms with Crippen LogP contribution in [0.15, 0.2) is 72.8 Å². The SMILES string of the molecule is COc1ccc(C[C@H]2COc3ccccc3CN2Cc2ccc(OCN(C)C)cc2)cc1. The lowest BCUT2D eigenvalue weighted by Crippen LogP contribution is -2.38. The Balaban J connectivity index is 1.51. The monoisotopic (exact) mass is 432 g/mol. The maximum Gasteiger partial charge on any atom is 0.141 e. The average Bonchev–Trinajstić information content (AvgIpc) is 2.98. The van der Waals surface area contributed by atoms with E-state index in [0.717, 1.165) is 36.8 Å². The molecular formula is C27H32N2O3. The largest absolute Gasteiger partial charge is 0.497 e. The fourth-order valence-corrected chi connectivity index (χ4v) is 3.95. The zero-order valence-electron chi connectivity index (χ0n) is 19.2. The van der Waals surface area contributed by atoms with Crippen molar-refractivity contribution in [2.24, 2.45) is 0 Å². The first-order valence-corrected chi connectivity index (χ1v) is 11.0. The Kier molecular flexibility index (Phi) is 7.30. The fourth-order valence-electron chi connectivity index (χ4n) is 3.95. The van der Waals surface area contributed by atoms with Crippen molar-refractivity contribution in [3.8, 4) is 17.2 Å². The van der Waals surface area contributed by atoms with E-state index in [4.69, 9.17) is 14.2 Å². The first kappa shape index (κ1) is 22.2. The smallest absolute Gasteiger partial charge is 0.141 e. The molecule has 0 aliphatic carbocycles. The molecule has 168 valence electrons. The van der Waals surface area contributed by atoms with E-state index in [1.165, 1.54) is 16.7 Å². The molecule has 1 aliphatic heterocycles. The highest BCUT2D eigenvalue weighted by atomic mass is 16.5. The van der Waals surface area contributed by atoms with Crippen molar-refractivity contribution in [2.45, 2.75) is 25.6 Å². The van der Waals surface area contributed by atoms with Crippen molar-refractivity contribution < 1.29 is 14.2 Å². The van der Waals surface area contributed by atoms with Crippen LogP contribution in [0.5, 0.6) is 17.2 Å². The Hall–Kier alpha value is -3.02. The van der Waals surface area contributed by atoms with E-state index < -0.39 is 0 Å². The molecule has 0 amide bonds. The van der Waals surface area contributed by atoms with Gasteiger partial charge in [0.1, 0.15) is 30.6 Å². The van der Waals surface area contributed by atoms with E-state index in [0.29, 0.717) is 13.3 Å². The van der Waals surface area contributed by atoms with E-state index in [1.807, 2.05) is 37.2 Å². The summed E-state index contributed by atoms with van der Waals surface area (Å²) in [4.78, 5) is 4.53. The van der Waals surface area contributed by atoms with Crippen LogP contribution in [0, 0.1) is 0 Å². The minimum absolute atomic E-state index is 0.264. The minimum Gasteiger partial charge on any atom is -0.497 e. The summed E-state index contributed by atoms with van der Waals surface area (Å²) in [6, 6.07) is 25.4. The summed E-state index contributed by atoms with van der Waals surface area (Å²) < 4.78 is 17.3. The topological polar surface area (TPSA) is 34.2 Å². The van der Waals surface area contributed by atoms with Gasteiger partial charge in [-0.1, -0.05) is 42.5 Å². The van der Waals surface area contributed by atoms with Gasteiger partial charge in [-0.3, -0.25) is 9.80 Å². The van der Waals surface area contributed by atoms with Crippen LogP contribution in [0.2, 0.25) is 0 Å². The van der Waals surface area contributed by atoms with Crippen LogP contribution in [-0.2, 0) is 19.5 Å². The fraction of sp³-hybridized carbons (Fsp3) is 0.333. The molecule has 5 heteroatoms. The summed E-state index contributed by atoms with van der Waals surface area (Å²) in [5.41, 5.74) is 3.78. The first-order chi connectivity index (χ1) is 15.6. The highest BCUT2D eigenvalue weighted by molar-refractivity contribution is 5.35.